The number of hydrogen-bond acceptors (Lipinski definition) is 3. The molecule has 0 fully saturated rings. The van der Waals surface area contributed by atoms with E-state index in [2.05, 4.69) is 31.3 Å². The number of nitrogens with zero attached hydrogens (tertiary/aromatic N) is 1. The van der Waals surface area contributed by atoms with Crippen molar-refractivity contribution in [2.45, 2.75) is 43.5 Å². The zero-order chi connectivity index (χ0) is 20.5. The van der Waals surface area contributed by atoms with Crippen LogP contribution in [0.4, 0.5) is 5.69 Å². The Labute approximate surface area is 176 Å². The maximum atomic E-state index is 12.8. The molecule has 0 spiro atoms. The minimum atomic E-state index is -0.0869. The van der Waals surface area contributed by atoms with E-state index in [4.69, 9.17) is 4.99 Å². The molecule has 0 aromatic heterocycles. The SMILES string of the molecule is CC1=Nc2cc(C(=O)N[C@H](C)c3ccccc3)ccc2Sc2c(C)ccc(C)c21. The van der Waals surface area contributed by atoms with Gasteiger partial charge in [-0.2, -0.15) is 0 Å². The molecule has 1 heterocycles. The molecule has 3 aromatic rings. The molecule has 3 nitrogen and oxygen atoms in total. The van der Waals surface area contributed by atoms with Crippen molar-refractivity contribution >= 4 is 29.1 Å². The van der Waals surface area contributed by atoms with Crippen molar-refractivity contribution in [2.75, 3.05) is 0 Å². The minimum Gasteiger partial charge on any atom is -0.346 e. The molecule has 1 N–H and O–H groups in total. The summed E-state index contributed by atoms with van der Waals surface area (Å²) in [5.74, 6) is -0.0869. The van der Waals surface area contributed by atoms with Crippen molar-refractivity contribution in [1.82, 2.24) is 5.32 Å². The summed E-state index contributed by atoms with van der Waals surface area (Å²) in [6.45, 7) is 8.30. The van der Waals surface area contributed by atoms with Gasteiger partial charge in [-0.05, 0) is 62.6 Å². The normalized spacial score (nSPS) is 13.6. The average Bonchev–Trinajstić information content (AvgIpc) is 2.87. The van der Waals surface area contributed by atoms with E-state index in [0.717, 1.165) is 21.9 Å². The number of amides is 1. The molecule has 0 radical (unpaired) electrons. The number of rotatable bonds is 3. The first-order chi connectivity index (χ1) is 13.9. The highest BCUT2D eigenvalue weighted by Gasteiger charge is 2.20. The second-order valence-corrected chi connectivity index (χ2v) is 8.54. The van der Waals surface area contributed by atoms with Crippen LogP contribution in [0.3, 0.4) is 0 Å². The Morgan fingerprint density at radius 3 is 2.45 bits per heavy atom. The highest BCUT2D eigenvalue weighted by atomic mass is 32.2. The predicted octanol–water partition coefficient (Wildman–Crippen LogP) is 6.40. The fourth-order valence-electron chi connectivity index (χ4n) is 3.65. The van der Waals surface area contributed by atoms with Gasteiger partial charge in [-0.25, -0.2) is 0 Å². The van der Waals surface area contributed by atoms with Crippen LogP contribution in [-0.2, 0) is 0 Å². The molecule has 0 saturated carbocycles. The lowest BCUT2D eigenvalue weighted by Crippen LogP contribution is -2.26. The van der Waals surface area contributed by atoms with Gasteiger partial charge in [0.25, 0.3) is 5.91 Å². The molecule has 0 bridgehead atoms. The number of fused-ring (bicyclic) bond motifs is 2. The lowest BCUT2D eigenvalue weighted by molar-refractivity contribution is 0.0940. The van der Waals surface area contributed by atoms with Crippen molar-refractivity contribution in [2.24, 2.45) is 4.99 Å². The fourth-order valence-corrected chi connectivity index (χ4v) is 4.86. The first kappa shape index (κ1) is 19.5. The van der Waals surface area contributed by atoms with Crippen LogP contribution in [0.5, 0.6) is 0 Å². The Hall–Kier alpha value is -2.85. The minimum absolute atomic E-state index is 0.0586. The molecule has 0 unspecified atom stereocenters. The van der Waals surface area contributed by atoms with Crippen molar-refractivity contribution in [3.05, 3.63) is 88.5 Å². The number of nitrogens with one attached hydrogen (secondary N) is 1. The van der Waals surface area contributed by atoms with Gasteiger partial charge in [0.1, 0.15) is 0 Å². The summed E-state index contributed by atoms with van der Waals surface area (Å²) in [5.41, 5.74) is 7.22. The van der Waals surface area contributed by atoms with E-state index in [1.165, 1.54) is 21.6 Å². The Balaban J connectivity index is 1.65. The van der Waals surface area contributed by atoms with Crippen molar-refractivity contribution in [3.63, 3.8) is 0 Å². The third kappa shape index (κ3) is 3.85. The molecule has 1 atom stereocenters. The van der Waals surface area contributed by atoms with Crippen molar-refractivity contribution in [3.8, 4) is 0 Å². The fraction of sp³-hybridized carbons (Fsp3) is 0.200. The Morgan fingerprint density at radius 2 is 1.69 bits per heavy atom. The Morgan fingerprint density at radius 1 is 0.966 bits per heavy atom. The summed E-state index contributed by atoms with van der Waals surface area (Å²) in [7, 11) is 0. The molecule has 3 aromatic carbocycles. The van der Waals surface area contributed by atoms with Crippen LogP contribution in [0, 0.1) is 13.8 Å². The van der Waals surface area contributed by atoms with E-state index in [9.17, 15) is 4.79 Å². The summed E-state index contributed by atoms with van der Waals surface area (Å²) in [4.78, 5) is 20.0. The van der Waals surface area contributed by atoms with Crippen LogP contribution in [-0.4, -0.2) is 11.6 Å². The van der Waals surface area contributed by atoms with Crippen LogP contribution in [0.2, 0.25) is 0 Å². The predicted molar refractivity (Wildman–Crippen MR) is 121 cm³/mol. The number of benzene rings is 3. The lowest BCUT2D eigenvalue weighted by atomic mass is 10.0. The molecule has 29 heavy (non-hydrogen) atoms. The van der Waals surface area contributed by atoms with Gasteiger partial charge < -0.3 is 5.32 Å². The lowest BCUT2D eigenvalue weighted by Gasteiger charge is -2.15. The third-order valence-electron chi connectivity index (χ3n) is 5.29. The summed E-state index contributed by atoms with van der Waals surface area (Å²) >= 11 is 1.73. The van der Waals surface area contributed by atoms with Gasteiger partial charge in [-0.15, -0.1) is 0 Å². The standard InChI is InChI=1S/C25H24N2OS/c1-15-10-11-16(2)24-23(15)18(4)26-21-14-20(12-13-22(21)29-24)25(28)27-17(3)19-8-6-5-7-9-19/h5-14,17H,1-4H3,(H,27,28)/t17-/m1/s1. The number of aliphatic imine (C=N–C) groups is 1. The van der Waals surface area contributed by atoms with Gasteiger partial charge in [-0.1, -0.05) is 54.2 Å². The number of carbonyl (C=O) groups excluding carboxylic acids is 1. The summed E-state index contributed by atoms with van der Waals surface area (Å²) in [6.07, 6.45) is 0. The van der Waals surface area contributed by atoms with Gasteiger partial charge in [0.05, 0.1) is 11.7 Å². The second kappa shape index (κ2) is 7.88. The third-order valence-corrected chi connectivity index (χ3v) is 6.59. The van der Waals surface area contributed by atoms with E-state index >= 15 is 0 Å². The number of hydrogen-bond donors (Lipinski definition) is 1. The van der Waals surface area contributed by atoms with Gasteiger partial charge in [0.15, 0.2) is 0 Å². The van der Waals surface area contributed by atoms with Crippen LogP contribution in [0.15, 0.2) is 75.4 Å². The summed E-state index contributed by atoms with van der Waals surface area (Å²) < 4.78 is 0. The van der Waals surface area contributed by atoms with Gasteiger partial charge in [0, 0.05) is 26.6 Å². The monoisotopic (exact) mass is 400 g/mol. The van der Waals surface area contributed by atoms with Crippen LogP contribution in [0.25, 0.3) is 0 Å². The molecule has 4 heteroatoms. The first-order valence-electron chi connectivity index (χ1n) is 9.77. The van der Waals surface area contributed by atoms with E-state index in [0.29, 0.717) is 5.56 Å². The highest BCUT2D eigenvalue weighted by molar-refractivity contribution is 7.99. The zero-order valence-corrected chi connectivity index (χ0v) is 17.9. The van der Waals surface area contributed by atoms with Crippen molar-refractivity contribution < 1.29 is 4.79 Å². The van der Waals surface area contributed by atoms with Crippen LogP contribution < -0.4 is 5.32 Å². The zero-order valence-electron chi connectivity index (χ0n) is 17.1. The highest BCUT2D eigenvalue weighted by Crippen LogP contribution is 2.43. The second-order valence-electron chi connectivity index (χ2n) is 7.49. The van der Waals surface area contributed by atoms with Gasteiger partial charge >= 0.3 is 0 Å². The average molecular weight is 401 g/mol. The maximum absolute atomic E-state index is 12.8. The summed E-state index contributed by atoms with van der Waals surface area (Å²) in [6, 6.07) is 20.0. The summed E-state index contributed by atoms with van der Waals surface area (Å²) in [5, 5.41) is 3.09. The smallest absolute Gasteiger partial charge is 0.251 e. The molecule has 1 aliphatic rings. The maximum Gasteiger partial charge on any atom is 0.251 e. The van der Waals surface area contributed by atoms with Crippen LogP contribution >= 0.6 is 11.8 Å². The molecule has 1 amide bonds. The molecule has 146 valence electrons. The quantitative estimate of drug-likeness (QED) is 0.553. The van der Waals surface area contributed by atoms with Crippen molar-refractivity contribution in [1.29, 1.82) is 0 Å². The molecule has 1 aliphatic heterocycles. The molecular weight excluding hydrogens is 376 g/mol. The van der Waals surface area contributed by atoms with Crippen LogP contribution in [0.1, 0.15) is 52.5 Å². The van der Waals surface area contributed by atoms with E-state index in [1.54, 1.807) is 11.8 Å². The molecule has 0 aliphatic carbocycles. The first-order valence-corrected chi connectivity index (χ1v) is 10.6. The van der Waals surface area contributed by atoms with E-state index in [-0.39, 0.29) is 11.9 Å². The molecule has 4 rings (SSSR count). The van der Waals surface area contributed by atoms with E-state index in [1.807, 2.05) is 62.4 Å². The van der Waals surface area contributed by atoms with Gasteiger partial charge in [0.2, 0.25) is 0 Å². The largest absolute Gasteiger partial charge is 0.346 e. The Bertz CT molecular complexity index is 1120. The van der Waals surface area contributed by atoms with Gasteiger partial charge in [-0.3, -0.25) is 9.79 Å². The number of carbonyl (C=O) groups is 1. The molecular formula is C25H24N2OS. The van der Waals surface area contributed by atoms with E-state index < -0.39 is 0 Å². The number of aryl methyl sites for hydroxylation is 2. The topological polar surface area (TPSA) is 41.5 Å². The molecule has 0 saturated heterocycles. The Kier molecular flexibility index (Phi) is 5.29.